The Kier molecular flexibility index (Phi) is 6.72. The minimum atomic E-state index is 0.568. The smallest absolute Gasteiger partial charge is 0.165 e. The van der Waals surface area contributed by atoms with Gasteiger partial charge in [-0.05, 0) is 29.3 Å². The molecule has 3 aromatic rings. The Bertz CT molecular complexity index is 849. The standard InChI is InChI=1S/C23H25NO3/c1-25-22-13-7-11-20(23(22)26-2)16-24-15-19-10-6-12-21(14-19)27-17-18-8-4-3-5-9-18/h3-14,24H,15-17H2,1-2H3. The summed E-state index contributed by atoms with van der Waals surface area (Å²) >= 11 is 0. The number of nitrogens with one attached hydrogen (secondary N) is 1. The van der Waals surface area contributed by atoms with Crippen molar-refractivity contribution in [3.05, 3.63) is 89.5 Å². The predicted molar refractivity (Wildman–Crippen MR) is 107 cm³/mol. The van der Waals surface area contributed by atoms with Gasteiger partial charge in [0.2, 0.25) is 0 Å². The van der Waals surface area contributed by atoms with Crippen molar-refractivity contribution in [3.8, 4) is 17.2 Å². The molecule has 3 rings (SSSR count). The van der Waals surface area contributed by atoms with Crippen LogP contribution in [-0.4, -0.2) is 14.2 Å². The summed E-state index contributed by atoms with van der Waals surface area (Å²) in [5, 5.41) is 3.45. The number of rotatable bonds is 9. The van der Waals surface area contributed by atoms with E-state index < -0.39 is 0 Å². The summed E-state index contributed by atoms with van der Waals surface area (Å²) in [4.78, 5) is 0. The van der Waals surface area contributed by atoms with Crippen LogP contribution in [0.25, 0.3) is 0 Å². The molecule has 0 aliphatic heterocycles. The molecule has 0 aliphatic carbocycles. The molecule has 0 spiro atoms. The zero-order valence-corrected chi connectivity index (χ0v) is 15.8. The molecule has 3 aromatic carbocycles. The van der Waals surface area contributed by atoms with E-state index in [1.165, 1.54) is 5.56 Å². The van der Waals surface area contributed by atoms with Gasteiger partial charge in [0.25, 0.3) is 0 Å². The second-order valence-corrected chi connectivity index (χ2v) is 6.18. The van der Waals surface area contributed by atoms with Crippen molar-refractivity contribution in [2.75, 3.05) is 14.2 Å². The first-order valence-electron chi connectivity index (χ1n) is 8.96. The number of hydrogen-bond donors (Lipinski definition) is 1. The maximum atomic E-state index is 5.90. The summed E-state index contributed by atoms with van der Waals surface area (Å²) in [6.07, 6.45) is 0. The Labute approximate surface area is 160 Å². The molecular weight excluding hydrogens is 338 g/mol. The van der Waals surface area contributed by atoms with Gasteiger partial charge in [-0.3, -0.25) is 0 Å². The molecule has 0 aromatic heterocycles. The van der Waals surface area contributed by atoms with Crippen LogP contribution in [0.3, 0.4) is 0 Å². The lowest BCUT2D eigenvalue weighted by molar-refractivity contribution is 0.306. The minimum absolute atomic E-state index is 0.568. The molecule has 0 saturated carbocycles. The third-order valence-corrected chi connectivity index (χ3v) is 4.28. The first-order valence-corrected chi connectivity index (χ1v) is 8.96. The van der Waals surface area contributed by atoms with Crippen LogP contribution in [0, 0.1) is 0 Å². The summed E-state index contributed by atoms with van der Waals surface area (Å²) < 4.78 is 16.7. The molecule has 4 heteroatoms. The largest absolute Gasteiger partial charge is 0.493 e. The van der Waals surface area contributed by atoms with Gasteiger partial charge < -0.3 is 19.5 Å². The van der Waals surface area contributed by atoms with Crippen LogP contribution in [0.2, 0.25) is 0 Å². The molecule has 0 atom stereocenters. The molecule has 0 unspecified atom stereocenters. The zero-order chi connectivity index (χ0) is 18.9. The van der Waals surface area contributed by atoms with Crippen LogP contribution in [0.5, 0.6) is 17.2 Å². The van der Waals surface area contributed by atoms with E-state index >= 15 is 0 Å². The highest BCUT2D eigenvalue weighted by Crippen LogP contribution is 2.30. The van der Waals surface area contributed by atoms with Gasteiger partial charge >= 0.3 is 0 Å². The van der Waals surface area contributed by atoms with Crippen LogP contribution in [-0.2, 0) is 19.7 Å². The lowest BCUT2D eigenvalue weighted by atomic mass is 10.1. The van der Waals surface area contributed by atoms with Crippen LogP contribution >= 0.6 is 0 Å². The van der Waals surface area contributed by atoms with Gasteiger partial charge in [0.1, 0.15) is 12.4 Å². The average Bonchev–Trinajstić information content (AvgIpc) is 2.73. The molecule has 4 nitrogen and oxygen atoms in total. The fourth-order valence-electron chi connectivity index (χ4n) is 2.92. The predicted octanol–water partition coefficient (Wildman–Crippen LogP) is 4.57. The molecule has 0 aliphatic rings. The van der Waals surface area contributed by atoms with Crippen LogP contribution in [0.1, 0.15) is 16.7 Å². The van der Waals surface area contributed by atoms with E-state index in [-0.39, 0.29) is 0 Å². The summed E-state index contributed by atoms with van der Waals surface area (Å²) in [6.45, 7) is 2.00. The van der Waals surface area contributed by atoms with Crippen LogP contribution < -0.4 is 19.5 Å². The zero-order valence-electron chi connectivity index (χ0n) is 15.8. The van der Waals surface area contributed by atoms with Crippen molar-refractivity contribution >= 4 is 0 Å². The van der Waals surface area contributed by atoms with Gasteiger partial charge in [-0.1, -0.05) is 54.6 Å². The van der Waals surface area contributed by atoms with Gasteiger partial charge in [-0.25, -0.2) is 0 Å². The van der Waals surface area contributed by atoms with Crippen molar-refractivity contribution in [3.63, 3.8) is 0 Å². The number of ether oxygens (including phenoxy) is 3. The van der Waals surface area contributed by atoms with Crippen molar-refractivity contribution in [1.82, 2.24) is 5.32 Å². The highest BCUT2D eigenvalue weighted by molar-refractivity contribution is 5.46. The third kappa shape index (κ3) is 5.25. The Balaban J connectivity index is 1.56. The molecule has 0 fully saturated rings. The molecule has 0 radical (unpaired) electrons. The normalized spacial score (nSPS) is 10.4. The van der Waals surface area contributed by atoms with Crippen molar-refractivity contribution in [2.24, 2.45) is 0 Å². The summed E-state index contributed by atoms with van der Waals surface area (Å²) in [5.74, 6) is 2.39. The van der Waals surface area contributed by atoms with Crippen LogP contribution in [0.4, 0.5) is 0 Å². The lowest BCUT2D eigenvalue weighted by Crippen LogP contribution is -2.13. The average molecular weight is 363 g/mol. The Morgan fingerprint density at radius 2 is 1.52 bits per heavy atom. The Morgan fingerprint density at radius 1 is 0.741 bits per heavy atom. The van der Waals surface area contributed by atoms with E-state index in [0.717, 1.165) is 34.9 Å². The second kappa shape index (κ2) is 9.64. The Hall–Kier alpha value is -2.98. The number of hydrogen-bond acceptors (Lipinski definition) is 4. The monoisotopic (exact) mass is 363 g/mol. The van der Waals surface area contributed by atoms with Crippen molar-refractivity contribution in [1.29, 1.82) is 0 Å². The fraction of sp³-hybridized carbons (Fsp3) is 0.217. The van der Waals surface area contributed by atoms with E-state index in [1.54, 1.807) is 14.2 Å². The van der Waals surface area contributed by atoms with E-state index in [0.29, 0.717) is 13.2 Å². The van der Waals surface area contributed by atoms with Crippen LogP contribution in [0.15, 0.2) is 72.8 Å². The first kappa shape index (κ1) is 18.8. The van der Waals surface area contributed by atoms with Gasteiger partial charge in [0.05, 0.1) is 14.2 Å². The van der Waals surface area contributed by atoms with Gasteiger partial charge in [0.15, 0.2) is 11.5 Å². The summed E-state index contributed by atoms with van der Waals surface area (Å²) in [5.41, 5.74) is 3.39. The molecule has 1 N–H and O–H groups in total. The van der Waals surface area contributed by atoms with Crippen molar-refractivity contribution in [2.45, 2.75) is 19.7 Å². The maximum Gasteiger partial charge on any atom is 0.165 e. The minimum Gasteiger partial charge on any atom is -0.493 e. The third-order valence-electron chi connectivity index (χ3n) is 4.28. The molecular formula is C23H25NO3. The van der Waals surface area contributed by atoms with Gasteiger partial charge in [-0.15, -0.1) is 0 Å². The van der Waals surface area contributed by atoms with Gasteiger partial charge in [-0.2, -0.15) is 0 Å². The van der Waals surface area contributed by atoms with Crippen molar-refractivity contribution < 1.29 is 14.2 Å². The highest BCUT2D eigenvalue weighted by atomic mass is 16.5. The van der Waals surface area contributed by atoms with E-state index in [4.69, 9.17) is 14.2 Å². The molecule has 0 heterocycles. The Morgan fingerprint density at radius 3 is 2.30 bits per heavy atom. The quantitative estimate of drug-likeness (QED) is 0.604. The molecule has 0 saturated heterocycles. The maximum absolute atomic E-state index is 5.90. The number of para-hydroxylation sites is 1. The molecule has 0 bridgehead atoms. The second-order valence-electron chi connectivity index (χ2n) is 6.18. The number of benzene rings is 3. The lowest BCUT2D eigenvalue weighted by Gasteiger charge is -2.13. The number of methoxy groups -OCH3 is 2. The fourth-order valence-corrected chi connectivity index (χ4v) is 2.92. The van der Waals surface area contributed by atoms with E-state index in [1.807, 2.05) is 48.5 Å². The summed E-state index contributed by atoms with van der Waals surface area (Å²) in [7, 11) is 3.31. The summed E-state index contributed by atoms with van der Waals surface area (Å²) in [6, 6.07) is 24.2. The topological polar surface area (TPSA) is 39.7 Å². The van der Waals surface area contributed by atoms with Gasteiger partial charge in [0, 0.05) is 18.7 Å². The molecule has 27 heavy (non-hydrogen) atoms. The highest BCUT2D eigenvalue weighted by Gasteiger charge is 2.08. The van der Waals surface area contributed by atoms with E-state index in [2.05, 4.69) is 29.6 Å². The molecule has 140 valence electrons. The molecule has 0 amide bonds. The van der Waals surface area contributed by atoms with E-state index in [9.17, 15) is 0 Å². The first-order chi connectivity index (χ1) is 13.3. The SMILES string of the molecule is COc1cccc(CNCc2cccc(OCc3ccccc3)c2)c1OC.